The van der Waals surface area contributed by atoms with E-state index in [0.717, 1.165) is 54.6 Å². The van der Waals surface area contributed by atoms with Crippen molar-refractivity contribution in [2.24, 2.45) is 5.92 Å². The van der Waals surface area contributed by atoms with E-state index >= 15 is 0 Å². The van der Waals surface area contributed by atoms with Crippen LogP contribution in [0.2, 0.25) is 0 Å². The Hall–Kier alpha value is -3.46. The normalized spacial score (nSPS) is 15.2. The van der Waals surface area contributed by atoms with E-state index in [1.54, 1.807) is 24.1 Å². The minimum atomic E-state index is -0.619. The molecule has 4 rings (SSSR count). The zero-order valence-corrected chi connectivity index (χ0v) is 22.0. The van der Waals surface area contributed by atoms with Crippen LogP contribution in [0.1, 0.15) is 66.8 Å². The predicted octanol–water partition coefficient (Wildman–Crippen LogP) is 4.63. The van der Waals surface area contributed by atoms with Crippen molar-refractivity contribution in [3.63, 3.8) is 0 Å². The first-order valence-electron chi connectivity index (χ1n) is 13.2. The number of methoxy groups -OCH3 is 1. The molecule has 37 heavy (non-hydrogen) atoms. The summed E-state index contributed by atoms with van der Waals surface area (Å²) in [6.45, 7) is 5.13. The Morgan fingerprint density at radius 2 is 1.84 bits per heavy atom. The zero-order chi connectivity index (χ0) is 26.2. The number of nitrogens with one attached hydrogen (secondary N) is 3. The fourth-order valence-electron chi connectivity index (χ4n) is 5.24. The van der Waals surface area contributed by atoms with E-state index in [0.29, 0.717) is 24.5 Å². The molecule has 1 atom stereocenters. The van der Waals surface area contributed by atoms with Crippen molar-refractivity contribution in [1.82, 2.24) is 25.3 Å². The summed E-state index contributed by atoms with van der Waals surface area (Å²) in [6, 6.07) is 8.84. The van der Waals surface area contributed by atoms with E-state index < -0.39 is 6.04 Å². The Labute approximate surface area is 218 Å². The van der Waals surface area contributed by atoms with Crippen molar-refractivity contribution in [2.45, 2.75) is 71.4 Å². The van der Waals surface area contributed by atoms with E-state index in [9.17, 15) is 9.59 Å². The fourth-order valence-corrected chi connectivity index (χ4v) is 5.24. The lowest BCUT2D eigenvalue weighted by atomic mass is 9.91. The van der Waals surface area contributed by atoms with Crippen molar-refractivity contribution in [1.29, 1.82) is 0 Å². The monoisotopic (exact) mass is 506 g/mol. The molecule has 2 heterocycles. The maximum atomic E-state index is 13.6. The molecule has 1 aliphatic rings. The summed E-state index contributed by atoms with van der Waals surface area (Å²) in [5, 5.41) is 17.7. The van der Waals surface area contributed by atoms with Gasteiger partial charge in [0.15, 0.2) is 0 Å². The molecule has 0 saturated heterocycles. The molecule has 3 N–H and O–H groups in total. The summed E-state index contributed by atoms with van der Waals surface area (Å²) in [5.74, 6) is -0.374. The van der Waals surface area contributed by atoms with Crippen LogP contribution in [-0.4, -0.2) is 51.6 Å². The molecule has 0 spiro atoms. The third-order valence-electron chi connectivity index (χ3n) is 7.18. The van der Waals surface area contributed by atoms with E-state index in [4.69, 9.17) is 4.74 Å². The van der Waals surface area contributed by atoms with Gasteiger partial charge in [0.25, 0.3) is 5.91 Å². The van der Waals surface area contributed by atoms with Gasteiger partial charge in [0.2, 0.25) is 5.91 Å². The summed E-state index contributed by atoms with van der Waals surface area (Å²) < 4.78 is 6.80. The molecule has 0 radical (unpaired) electrons. The van der Waals surface area contributed by atoms with Crippen molar-refractivity contribution in [3.8, 4) is 11.1 Å². The van der Waals surface area contributed by atoms with Gasteiger partial charge >= 0.3 is 0 Å². The molecular weight excluding hydrogens is 468 g/mol. The van der Waals surface area contributed by atoms with Crippen molar-refractivity contribution < 1.29 is 14.3 Å². The van der Waals surface area contributed by atoms with Gasteiger partial charge in [-0.05, 0) is 62.8 Å². The second-order valence-corrected chi connectivity index (χ2v) is 9.86. The molecule has 3 aromatic rings. The summed E-state index contributed by atoms with van der Waals surface area (Å²) in [6.07, 6.45) is 8.67. The number of nitrogens with zero attached hydrogens (tertiary/aromatic N) is 3. The number of anilines is 1. The quantitative estimate of drug-likeness (QED) is 0.274. The van der Waals surface area contributed by atoms with Crippen LogP contribution in [0.15, 0.2) is 36.5 Å². The first-order valence-corrected chi connectivity index (χ1v) is 13.2. The van der Waals surface area contributed by atoms with Gasteiger partial charge in [0.1, 0.15) is 11.7 Å². The molecule has 9 nitrogen and oxygen atoms in total. The lowest BCUT2D eigenvalue weighted by molar-refractivity contribution is -0.119. The van der Waals surface area contributed by atoms with E-state index in [2.05, 4.69) is 25.9 Å². The largest absolute Gasteiger partial charge is 0.385 e. The third-order valence-corrected chi connectivity index (χ3v) is 7.18. The van der Waals surface area contributed by atoms with Gasteiger partial charge < -0.3 is 15.4 Å². The van der Waals surface area contributed by atoms with Crippen LogP contribution >= 0.6 is 0 Å². The van der Waals surface area contributed by atoms with Crippen LogP contribution < -0.4 is 10.6 Å². The number of ether oxygens (including phenoxy) is 1. The zero-order valence-electron chi connectivity index (χ0n) is 22.0. The number of carbonyl (C=O) groups excluding carboxylic acids is 2. The lowest BCUT2D eigenvalue weighted by Gasteiger charge is -2.26. The molecule has 198 valence electrons. The highest BCUT2D eigenvalue weighted by Crippen LogP contribution is 2.28. The van der Waals surface area contributed by atoms with Crippen LogP contribution in [0.4, 0.5) is 5.69 Å². The summed E-state index contributed by atoms with van der Waals surface area (Å²) >= 11 is 0. The Balaban J connectivity index is 1.49. The van der Waals surface area contributed by atoms with E-state index in [1.807, 2.05) is 38.1 Å². The molecule has 1 aromatic carbocycles. The number of hydrogen-bond acceptors (Lipinski definition) is 5. The summed E-state index contributed by atoms with van der Waals surface area (Å²) in [4.78, 5) is 26.9. The number of aromatic amines is 1. The minimum absolute atomic E-state index is 0.0896. The summed E-state index contributed by atoms with van der Waals surface area (Å²) in [7, 11) is 1.65. The minimum Gasteiger partial charge on any atom is -0.385 e. The molecule has 1 aliphatic carbocycles. The number of amides is 2. The van der Waals surface area contributed by atoms with Crippen LogP contribution in [0.5, 0.6) is 0 Å². The molecular formula is C28H38N6O3. The van der Waals surface area contributed by atoms with Gasteiger partial charge in [-0.15, -0.1) is 0 Å². The van der Waals surface area contributed by atoms with Gasteiger partial charge in [0.05, 0.1) is 5.69 Å². The van der Waals surface area contributed by atoms with Gasteiger partial charge in [-0.1, -0.05) is 37.8 Å². The van der Waals surface area contributed by atoms with Gasteiger partial charge in [-0.3, -0.25) is 19.4 Å². The Bertz CT molecular complexity index is 1160. The van der Waals surface area contributed by atoms with Crippen LogP contribution in [0, 0.1) is 19.8 Å². The van der Waals surface area contributed by atoms with Crippen LogP contribution in [0.3, 0.4) is 0 Å². The second-order valence-electron chi connectivity index (χ2n) is 9.86. The van der Waals surface area contributed by atoms with Gasteiger partial charge in [-0.2, -0.15) is 10.2 Å². The van der Waals surface area contributed by atoms with Gasteiger partial charge in [0, 0.05) is 43.4 Å². The molecule has 9 heteroatoms. The molecule has 0 unspecified atom stereocenters. The maximum Gasteiger partial charge on any atom is 0.270 e. The number of hydrogen-bond donors (Lipinski definition) is 3. The molecule has 0 bridgehead atoms. The number of aryl methyl sites for hydroxylation is 3. The number of rotatable bonds is 10. The highest BCUT2D eigenvalue weighted by molar-refractivity contribution is 6.00. The maximum absolute atomic E-state index is 13.6. The average Bonchev–Trinajstić information content (AvgIpc) is 3.39. The standard InChI is InChI=1S/C28H38N6O3/c1-19-25(20(2)33-32-19)21-11-13-23(14-12-21)30-28(36)26(22-9-6-4-5-7-10-22)31-27(35)24-15-16-29-34(24)17-8-18-37-3/h11-16,22,26H,4-10,17-18H2,1-3H3,(H,30,36)(H,31,35)(H,32,33)/t26-/m0/s1. The van der Waals surface area contributed by atoms with Crippen LogP contribution in [0.25, 0.3) is 11.1 Å². The van der Waals surface area contributed by atoms with E-state index in [-0.39, 0.29) is 17.7 Å². The Morgan fingerprint density at radius 3 is 2.49 bits per heavy atom. The predicted molar refractivity (Wildman–Crippen MR) is 143 cm³/mol. The van der Waals surface area contributed by atoms with Crippen molar-refractivity contribution in [2.75, 3.05) is 19.0 Å². The number of H-pyrrole nitrogens is 1. The number of benzene rings is 1. The van der Waals surface area contributed by atoms with E-state index in [1.165, 1.54) is 12.8 Å². The molecule has 2 aromatic heterocycles. The van der Waals surface area contributed by atoms with Crippen molar-refractivity contribution in [3.05, 3.63) is 53.6 Å². The first kappa shape index (κ1) is 26.6. The third kappa shape index (κ3) is 6.65. The topological polar surface area (TPSA) is 114 Å². The SMILES string of the molecule is COCCCn1nccc1C(=O)N[C@H](C(=O)Nc1ccc(-c2c(C)n[nH]c2C)cc1)C1CCCCCC1. The average molecular weight is 507 g/mol. The Morgan fingerprint density at radius 1 is 1.11 bits per heavy atom. The van der Waals surface area contributed by atoms with Crippen molar-refractivity contribution >= 4 is 17.5 Å². The van der Waals surface area contributed by atoms with Gasteiger partial charge in [-0.25, -0.2) is 0 Å². The number of carbonyl (C=O) groups is 2. The number of aromatic nitrogens is 4. The molecule has 1 fully saturated rings. The molecule has 1 saturated carbocycles. The molecule has 0 aliphatic heterocycles. The molecule has 2 amide bonds. The highest BCUT2D eigenvalue weighted by Gasteiger charge is 2.31. The fraction of sp³-hybridized carbons (Fsp3) is 0.500. The summed E-state index contributed by atoms with van der Waals surface area (Å²) in [5.41, 5.74) is 5.21. The smallest absolute Gasteiger partial charge is 0.270 e. The highest BCUT2D eigenvalue weighted by atomic mass is 16.5. The lowest BCUT2D eigenvalue weighted by Crippen LogP contribution is -2.49. The first-order chi connectivity index (χ1) is 18.0. The second kappa shape index (κ2) is 12.7. The Kier molecular flexibility index (Phi) is 9.11. The van der Waals surface area contributed by atoms with Crippen LogP contribution in [-0.2, 0) is 16.1 Å².